The number of rotatable bonds is 6. The van der Waals surface area contributed by atoms with Crippen molar-refractivity contribution in [2.45, 2.75) is 46.4 Å². The predicted octanol–water partition coefficient (Wildman–Crippen LogP) is 3.78. The molecule has 2 heterocycles. The summed E-state index contributed by atoms with van der Waals surface area (Å²) in [6.07, 6.45) is 0.0537. The second kappa shape index (κ2) is 7.78. The standard InChI is InChI=1S/C19H23N3O2S/c1-13(2)16-9-17(24-21-16)19(23)22(10-15-7-5-4-6-8-15)11-18-14(3)20-12-25-18/h4-8,12-13,17H,9-11H2,1-3H3. The molecule has 3 rings (SSSR count). The van der Waals surface area contributed by atoms with Crippen molar-refractivity contribution in [1.29, 1.82) is 0 Å². The van der Waals surface area contributed by atoms with E-state index in [1.165, 1.54) is 0 Å². The first-order chi connectivity index (χ1) is 12.0. The molecule has 6 heteroatoms. The van der Waals surface area contributed by atoms with Crippen molar-refractivity contribution in [3.8, 4) is 0 Å². The fourth-order valence-electron chi connectivity index (χ4n) is 2.74. The van der Waals surface area contributed by atoms with E-state index in [1.54, 1.807) is 11.3 Å². The zero-order chi connectivity index (χ0) is 17.8. The molecule has 132 valence electrons. The molecule has 1 atom stereocenters. The predicted molar refractivity (Wildman–Crippen MR) is 99.3 cm³/mol. The molecule has 0 fully saturated rings. The van der Waals surface area contributed by atoms with Crippen molar-refractivity contribution in [2.24, 2.45) is 11.1 Å². The topological polar surface area (TPSA) is 54.8 Å². The van der Waals surface area contributed by atoms with Gasteiger partial charge in [-0.3, -0.25) is 4.79 Å². The molecule has 1 aliphatic rings. The Morgan fingerprint density at radius 3 is 2.68 bits per heavy atom. The lowest BCUT2D eigenvalue weighted by atomic mass is 10.0. The lowest BCUT2D eigenvalue weighted by molar-refractivity contribution is -0.143. The fourth-order valence-corrected chi connectivity index (χ4v) is 3.53. The Morgan fingerprint density at radius 1 is 1.32 bits per heavy atom. The highest BCUT2D eigenvalue weighted by molar-refractivity contribution is 7.09. The summed E-state index contributed by atoms with van der Waals surface area (Å²) >= 11 is 1.58. The number of thiazole rings is 1. The third-order valence-corrected chi connectivity index (χ3v) is 5.26. The minimum Gasteiger partial charge on any atom is -0.382 e. The number of hydrogen-bond acceptors (Lipinski definition) is 5. The number of oxime groups is 1. The molecule has 1 unspecified atom stereocenters. The Labute approximate surface area is 152 Å². The van der Waals surface area contributed by atoms with E-state index in [4.69, 9.17) is 4.84 Å². The van der Waals surface area contributed by atoms with Gasteiger partial charge in [0.2, 0.25) is 6.10 Å². The van der Waals surface area contributed by atoms with Gasteiger partial charge in [0.25, 0.3) is 5.91 Å². The van der Waals surface area contributed by atoms with Gasteiger partial charge in [-0.15, -0.1) is 11.3 Å². The minimum atomic E-state index is -0.519. The molecule has 1 aromatic heterocycles. The summed E-state index contributed by atoms with van der Waals surface area (Å²) in [6, 6.07) is 10.0. The first-order valence-corrected chi connectivity index (χ1v) is 9.36. The van der Waals surface area contributed by atoms with Crippen LogP contribution < -0.4 is 0 Å². The van der Waals surface area contributed by atoms with Crippen molar-refractivity contribution >= 4 is 23.0 Å². The summed E-state index contributed by atoms with van der Waals surface area (Å²) < 4.78 is 0. The van der Waals surface area contributed by atoms with Gasteiger partial charge < -0.3 is 9.74 Å². The lowest BCUT2D eigenvalue weighted by Crippen LogP contribution is -2.38. The van der Waals surface area contributed by atoms with E-state index in [9.17, 15) is 4.79 Å². The number of carbonyl (C=O) groups excluding carboxylic acids is 1. The molecule has 0 radical (unpaired) electrons. The van der Waals surface area contributed by atoms with E-state index in [1.807, 2.05) is 47.7 Å². The van der Waals surface area contributed by atoms with Gasteiger partial charge in [-0.1, -0.05) is 49.3 Å². The van der Waals surface area contributed by atoms with Crippen LogP contribution in [-0.2, 0) is 22.7 Å². The molecule has 1 amide bonds. The SMILES string of the molecule is Cc1ncsc1CN(Cc1ccccc1)C(=O)C1CC(C(C)C)=NO1. The number of amides is 1. The number of nitrogens with zero attached hydrogens (tertiary/aromatic N) is 3. The Hall–Kier alpha value is -2.21. The van der Waals surface area contributed by atoms with Crippen LogP contribution in [0.25, 0.3) is 0 Å². The molecule has 5 nitrogen and oxygen atoms in total. The molecule has 0 saturated heterocycles. The zero-order valence-electron chi connectivity index (χ0n) is 14.8. The van der Waals surface area contributed by atoms with Crippen LogP contribution in [0.5, 0.6) is 0 Å². The first kappa shape index (κ1) is 17.6. The third kappa shape index (κ3) is 4.25. The van der Waals surface area contributed by atoms with Gasteiger partial charge in [0, 0.05) is 17.8 Å². The largest absolute Gasteiger partial charge is 0.382 e. The molecular weight excluding hydrogens is 334 g/mol. The molecule has 0 saturated carbocycles. The average molecular weight is 357 g/mol. The number of aromatic nitrogens is 1. The second-order valence-corrected chi connectivity index (χ2v) is 7.52. The number of aryl methyl sites for hydroxylation is 1. The highest BCUT2D eigenvalue weighted by Crippen LogP contribution is 2.22. The van der Waals surface area contributed by atoms with E-state index in [-0.39, 0.29) is 5.91 Å². The van der Waals surface area contributed by atoms with Gasteiger partial charge >= 0.3 is 0 Å². The minimum absolute atomic E-state index is 0.0175. The summed E-state index contributed by atoms with van der Waals surface area (Å²) in [5.74, 6) is 0.278. The maximum atomic E-state index is 13.1. The summed E-state index contributed by atoms with van der Waals surface area (Å²) in [4.78, 5) is 25.8. The lowest BCUT2D eigenvalue weighted by Gasteiger charge is -2.24. The van der Waals surface area contributed by atoms with E-state index in [2.05, 4.69) is 24.0 Å². The van der Waals surface area contributed by atoms with E-state index >= 15 is 0 Å². The summed E-state index contributed by atoms with van der Waals surface area (Å²) in [6.45, 7) is 7.20. The van der Waals surface area contributed by atoms with Crippen molar-refractivity contribution < 1.29 is 9.63 Å². The van der Waals surface area contributed by atoms with Crippen LogP contribution in [0, 0.1) is 12.8 Å². The average Bonchev–Trinajstić information content (AvgIpc) is 3.24. The summed E-state index contributed by atoms with van der Waals surface area (Å²) in [5, 5.41) is 4.10. The fraction of sp³-hybridized carbons (Fsp3) is 0.421. The van der Waals surface area contributed by atoms with Crippen LogP contribution >= 0.6 is 11.3 Å². The van der Waals surface area contributed by atoms with Crippen LogP contribution in [0.4, 0.5) is 0 Å². The molecule has 0 aliphatic carbocycles. The Kier molecular flexibility index (Phi) is 5.48. The molecule has 0 spiro atoms. The highest BCUT2D eigenvalue weighted by Gasteiger charge is 2.33. The Morgan fingerprint density at radius 2 is 2.08 bits per heavy atom. The molecule has 0 bridgehead atoms. The number of hydrogen-bond donors (Lipinski definition) is 0. The smallest absolute Gasteiger partial charge is 0.267 e. The van der Waals surface area contributed by atoms with E-state index in [0.29, 0.717) is 25.4 Å². The molecule has 2 aromatic rings. The van der Waals surface area contributed by atoms with Crippen molar-refractivity contribution in [1.82, 2.24) is 9.88 Å². The van der Waals surface area contributed by atoms with Gasteiger partial charge in [0.15, 0.2) is 0 Å². The van der Waals surface area contributed by atoms with E-state index in [0.717, 1.165) is 21.8 Å². The number of benzene rings is 1. The van der Waals surface area contributed by atoms with Gasteiger partial charge in [0.05, 0.1) is 23.5 Å². The normalized spacial score (nSPS) is 16.6. The highest BCUT2D eigenvalue weighted by atomic mass is 32.1. The van der Waals surface area contributed by atoms with Crippen LogP contribution in [0.2, 0.25) is 0 Å². The van der Waals surface area contributed by atoms with Crippen LogP contribution in [0.15, 0.2) is 41.0 Å². The second-order valence-electron chi connectivity index (χ2n) is 6.58. The molecule has 0 N–H and O–H groups in total. The maximum absolute atomic E-state index is 13.1. The monoisotopic (exact) mass is 357 g/mol. The van der Waals surface area contributed by atoms with Crippen LogP contribution in [-0.4, -0.2) is 27.6 Å². The zero-order valence-corrected chi connectivity index (χ0v) is 15.6. The molecule has 1 aliphatic heterocycles. The molecule has 25 heavy (non-hydrogen) atoms. The van der Waals surface area contributed by atoms with Gasteiger partial charge in [-0.25, -0.2) is 4.98 Å². The molecular formula is C19H23N3O2S. The first-order valence-electron chi connectivity index (χ1n) is 8.49. The maximum Gasteiger partial charge on any atom is 0.267 e. The quantitative estimate of drug-likeness (QED) is 0.790. The van der Waals surface area contributed by atoms with Crippen LogP contribution in [0.1, 0.15) is 36.4 Å². The molecule has 1 aromatic carbocycles. The van der Waals surface area contributed by atoms with Crippen LogP contribution in [0.3, 0.4) is 0 Å². The Bertz CT molecular complexity index is 755. The Balaban J connectivity index is 1.76. The van der Waals surface area contributed by atoms with Crippen molar-refractivity contribution in [3.63, 3.8) is 0 Å². The summed E-state index contributed by atoms with van der Waals surface area (Å²) in [7, 11) is 0. The summed E-state index contributed by atoms with van der Waals surface area (Å²) in [5.41, 5.74) is 4.84. The van der Waals surface area contributed by atoms with Gasteiger partial charge in [-0.2, -0.15) is 0 Å². The van der Waals surface area contributed by atoms with Crippen molar-refractivity contribution in [2.75, 3.05) is 0 Å². The van der Waals surface area contributed by atoms with Gasteiger partial charge in [0.1, 0.15) is 0 Å². The third-order valence-electron chi connectivity index (χ3n) is 4.34. The van der Waals surface area contributed by atoms with Gasteiger partial charge in [-0.05, 0) is 18.4 Å². The van der Waals surface area contributed by atoms with E-state index < -0.39 is 6.10 Å². The number of carbonyl (C=O) groups is 1. The van der Waals surface area contributed by atoms with Crippen molar-refractivity contribution in [3.05, 3.63) is 52.0 Å².